The molecule has 0 spiro atoms. The Morgan fingerprint density at radius 2 is 1.94 bits per heavy atom. The first-order chi connectivity index (χ1) is 8.81. The van der Waals surface area contributed by atoms with Gasteiger partial charge >= 0.3 is 0 Å². The highest BCUT2D eigenvalue weighted by Crippen LogP contribution is 2.12. The molecule has 1 aromatic carbocycles. The Bertz CT molecular complexity index is 560. The summed E-state index contributed by atoms with van der Waals surface area (Å²) in [6.45, 7) is 1.91. The molecule has 0 aliphatic heterocycles. The van der Waals surface area contributed by atoms with Crippen molar-refractivity contribution in [2.45, 2.75) is 6.92 Å². The Balaban J connectivity index is 2.33. The SMILES string of the molecule is CC(=C/c1cccnc1)/C(=N/O)c1ccccc1. The van der Waals surface area contributed by atoms with Gasteiger partial charge in [0.25, 0.3) is 0 Å². The molecule has 0 amide bonds. The van der Waals surface area contributed by atoms with E-state index in [4.69, 9.17) is 5.21 Å². The number of nitrogens with zero attached hydrogens (tertiary/aromatic N) is 2. The predicted octanol–water partition coefficient (Wildman–Crippen LogP) is 3.36. The van der Waals surface area contributed by atoms with E-state index in [1.807, 2.05) is 55.5 Å². The summed E-state index contributed by atoms with van der Waals surface area (Å²) in [4.78, 5) is 4.05. The molecule has 0 bridgehead atoms. The second-order valence-corrected chi connectivity index (χ2v) is 3.93. The molecule has 90 valence electrons. The highest BCUT2D eigenvalue weighted by molar-refractivity contribution is 6.14. The van der Waals surface area contributed by atoms with Crippen molar-refractivity contribution in [2.75, 3.05) is 0 Å². The molecule has 0 saturated carbocycles. The van der Waals surface area contributed by atoms with Gasteiger partial charge in [-0.15, -0.1) is 0 Å². The number of pyridine rings is 1. The summed E-state index contributed by atoms with van der Waals surface area (Å²) >= 11 is 0. The van der Waals surface area contributed by atoms with Gasteiger partial charge in [0, 0.05) is 18.0 Å². The molecule has 2 rings (SSSR count). The van der Waals surface area contributed by atoms with Crippen molar-refractivity contribution in [3.8, 4) is 0 Å². The minimum atomic E-state index is 0.569. The lowest BCUT2D eigenvalue weighted by molar-refractivity contribution is 0.319. The van der Waals surface area contributed by atoms with E-state index in [1.54, 1.807) is 12.4 Å². The number of hydrogen-bond donors (Lipinski definition) is 1. The van der Waals surface area contributed by atoms with Gasteiger partial charge in [0.05, 0.1) is 0 Å². The fraction of sp³-hybridized carbons (Fsp3) is 0.0667. The van der Waals surface area contributed by atoms with Gasteiger partial charge in [-0.3, -0.25) is 4.98 Å². The van der Waals surface area contributed by atoms with Crippen molar-refractivity contribution < 1.29 is 5.21 Å². The van der Waals surface area contributed by atoms with Gasteiger partial charge in [-0.05, 0) is 30.2 Å². The zero-order valence-corrected chi connectivity index (χ0v) is 10.1. The molecule has 18 heavy (non-hydrogen) atoms. The first-order valence-corrected chi connectivity index (χ1v) is 5.67. The fourth-order valence-electron chi connectivity index (χ4n) is 1.74. The molecule has 0 radical (unpaired) electrons. The third-order valence-electron chi connectivity index (χ3n) is 2.59. The molecule has 0 saturated heterocycles. The molecule has 1 N–H and O–H groups in total. The van der Waals surface area contributed by atoms with Crippen LogP contribution >= 0.6 is 0 Å². The molecule has 0 atom stereocenters. The highest BCUT2D eigenvalue weighted by atomic mass is 16.4. The van der Waals surface area contributed by atoms with Crippen molar-refractivity contribution in [1.82, 2.24) is 4.98 Å². The molecule has 1 heterocycles. The molecular formula is C15H14N2O. The van der Waals surface area contributed by atoms with Crippen molar-refractivity contribution in [3.05, 3.63) is 71.6 Å². The van der Waals surface area contributed by atoms with Crippen LogP contribution in [-0.2, 0) is 0 Å². The maximum atomic E-state index is 9.16. The molecule has 1 aromatic heterocycles. The van der Waals surface area contributed by atoms with E-state index in [1.165, 1.54) is 0 Å². The Morgan fingerprint density at radius 3 is 2.56 bits per heavy atom. The highest BCUT2D eigenvalue weighted by Gasteiger charge is 2.06. The Labute approximate surface area is 106 Å². The molecular weight excluding hydrogens is 224 g/mol. The van der Waals surface area contributed by atoms with E-state index in [-0.39, 0.29) is 0 Å². The van der Waals surface area contributed by atoms with Crippen LogP contribution in [0.25, 0.3) is 6.08 Å². The fourth-order valence-corrected chi connectivity index (χ4v) is 1.74. The van der Waals surface area contributed by atoms with E-state index in [9.17, 15) is 0 Å². The Morgan fingerprint density at radius 1 is 1.17 bits per heavy atom. The minimum absolute atomic E-state index is 0.569. The van der Waals surface area contributed by atoms with Crippen LogP contribution in [0.5, 0.6) is 0 Å². The summed E-state index contributed by atoms with van der Waals surface area (Å²) in [7, 11) is 0. The van der Waals surface area contributed by atoms with Crippen molar-refractivity contribution >= 4 is 11.8 Å². The summed E-state index contributed by atoms with van der Waals surface area (Å²) in [6, 6.07) is 13.4. The molecule has 0 aliphatic rings. The van der Waals surface area contributed by atoms with Crippen LogP contribution in [0, 0.1) is 0 Å². The lowest BCUT2D eigenvalue weighted by Crippen LogP contribution is -2.02. The average Bonchev–Trinajstić information content (AvgIpc) is 2.42. The Kier molecular flexibility index (Phi) is 3.86. The first kappa shape index (κ1) is 12.0. The van der Waals surface area contributed by atoms with Crippen LogP contribution in [0.4, 0.5) is 0 Å². The third-order valence-corrected chi connectivity index (χ3v) is 2.59. The molecule has 0 aliphatic carbocycles. The van der Waals surface area contributed by atoms with Gasteiger partial charge in [-0.1, -0.05) is 41.6 Å². The molecule has 2 aromatic rings. The summed E-state index contributed by atoms with van der Waals surface area (Å²) in [5.41, 5.74) is 3.32. The van der Waals surface area contributed by atoms with E-state index in [0.29, 0.717) is 5.71 Å². The second kappa shape index (κ2) is 5.77. The molecule has 3 nitrogen and oxygen atoms in total. The van der Waals surface area contributed by atoms with Gasteiger partial charge in [-0.25, -0.2) is 0 Å². The quantitative estimate of drug-likeness (QED) is 0.506. The Hall–Kier alpha value is -2.42. The number of benzene rings is 1. The number of oxime groups is 1. The average molecular weight is 238 g/mol. The topological polar surface area (TPSA) is 45.5 Å². The number of rotatable bonds is 3. The largest absolute Gasteiger partial charge is 0.410 e. The molecule has 0 unspecified atom stereocenters. The second-order valence-electron chi connectivity index (χ2n) is 3.93. The number of aromatic nitrogens is 1. The maximum absolute atomic E-state index is 9.16. The van der Waals surface area contributed by atoms with Gasteiger partial charge in [0.15, 0.2) is 0 Å². The van der Waals surface area contributed by atoms with Crippen molar-refractivity contribution in [3.63, 3.8) is 0 Å². The zero-order valence-electron chi connectivity index (χ0n) is 10.1. The van der Waals surface area contributed by atoms with Crippen LogP contribution in [0.1, 0.15) is 18.1 Å². The zero-order chi connectivity index (χ0) is 12.8. The van der Waals surface area contributed by atoms with Gasteiger partial charge in [0.1, 0.15) is 5.71 Å². The van der Waals surface area contributed by atoms with Gasteiger partial charge in [0.2, 0.25) is 0 Å². The maximum Gasteiger partial charge on any atom is 0.112 e. The predicted molar refractivity (Wildman–Crippen MR) is 72.7 cm³/mol. The molecule has 0 fully saturated rings. The van der Waals surface area contributed by atoms with Gasteiger partial charge < -0.3 is 5.21 Å². The first-order valence-electron chi connectivity index (χ1n) is 5.67. The number of hydrogen-bond acceptors (Lipinski definition) is 3. The monoisotopic (exact) mass is 238 g/mol. The smallest absolute Gasteiger partial charge is 0.112 e. The van der Waals surface area contributed by atoms with Crippen LogP contribution in [0.2, 0.25) is 0 Å². The van der Waals surface area contributed by atoms with Crippen LogP contribution in [-0.4, -0.2) is 15.9 Å². The normalized spacial score (nSPS) is 12.5. The minimum Gasteiger partial charge on any atom is -0.410 e. The standard InChI is InChI=1S/C15H14N2O/c1-12(10-13-6-5-9-16-11-13)15(17-18)14-7-3-2-4-8-14/h2-11,18H,1H3/b12-10-,17-15-. The van der Waals surface area contributed by atoms with Gasteiger partial charge in [-0.2, -0.15) is 0 Å². The molecule has 3 heteroatoms. The third kappa shape index (κ3) is 2.83. The van der Waals surface area contributed by atoms with E-state index in [2.05, 4.69) is 10.1 Å². The van der Waals surface area contributed by atoms with E-state index >= 15 is 0 Å². The summed E-state index contributed by atoms with van der Waals surface area (Å²) in [5.74, 6) is 0. The lowest BCUT2D eigenvalue weighted by Gasteiger charge is -2.05. The van der Waals surface area contributed by atoms with E-state index in [0.717, 1.165) is 16.7 Å². The van der Waals surface area contributed by atoms with Crippen LogP contribution in [0.15, 0.2) is 65.6 Å². The van der Waals surface area contributed by atoms with Crippen molar-refractivity contribution in [2.24, 2.45) is 5.16 Å². The van der Waals surface area contributed by atoms with Crippen molar-refractivity contribution in [1.29, 1.82) is 0 Å². The van der Waals surface area contributed by atoms with Crippen LogP contribution < -0.4 is 0 Å². The number of allylic oxidation sites excluding steroid dienone is 1. The lowest BCUT2D eigenvalue weighted by atomic mass is 10.0. The van der Waals surface area contributed by atoms with E-state index < -0.39 is 0 Å². The van der Waals surface area contributed by atoms with Crippen LogP contribution in [0.3, 0.4) is 0 Å². The summed E-state index contributed by atoms with van der Waals surface area (Å²) in [5, 5.41) is 12.5. The summed E-state index contributed by atoms with van der Waals surface area (Å²) < 4.78 is 0. The summed E-state index contributed by atoms with van der Waals surface area (Å²) in [6.07, 6.45) is 5.43.